The van der Waals surface area contributed by atoms with E-state index in [4.69, 9.17) is 14.2 Å². The molecular formula is C18H25N3O5. The number of carbonyl (C=O) groups is 2. The fourth-order valence-electron chi connectivity index (χ4n) is 2.92. The second-order valence-corrected chi connectivity index (χ2v) is 6.62. The highest BCUT2D eigenvalue weighted by atomic mass is 16.6. The fraction of sp³-hybridized carbons (Fsp3) is 0.556. The SMILES string of the molecule is CC(C)[C@@H](NC(=O)Nc1ccc2c(c1)OCCO2)C(=O)N1CCOCC1. The molecule has 0 radical (unpaired) electrons. The first-order valence-corrected chi connectivity index (χ1v) is 8.88. The Morgan fingerprint density at radius 1 is 1.04 bits per heavy atom. The third kappa shape index (κ3) is 4.37. The molecule has 0 saturated carbocycles. The van der Waals surface area contributed by atoms with Gasteiger partial charge in [-0.3, -0.25) is 4.79 Å². The first-order valence-electron chi connectivity index (χ1n) is 8.88. The van der Waals surface area contributed by atoms with Crippen LogP contribution in [0.4, 0.5) is 10.5 Å². The number of hydrogen-bond donors (Lipinski definition) is 2. The molecule has 2 aliphatic heterocycles. The Bertz CT molecular complexity index is 658. The lowest BCUT2D eigenvalue weighted by atomic mass is 10.0. The number of anilines is 1. The zero-order valence-electron chi connectivity index (χ0n) is 15.1. The number of amides is 3. The number of benzene rings is 1. The third-order valence-electron chi connectivity index (χ3n) is 4.34. The Balaban J connectivity index is 1.62. The molecule has 1 fully saturated rings. The number of nitrogens with zero attached hydrogens (tertiary/aromatic N) is 1. The van der Waals surface area contributed by atoms with E-state index in [1.807, 2.05) is 13.8 Å². The molecule has 0 unspecified atom stereocenters. The van der Waals surface area contributed by atoms with Gasteiger partial charge in [-0.1, -0.05) is 13.8 Å². The van der Waals surface area contributed by atoms with Crippen molar-refractivity contribution in [3.63, 3.8) is 0 Å². The minimum atomic E-state index is -0.592. The van der Waals surface area contributed by atoms with Gasteiger partial charge in [-0.15, -0.1) is 0 Å². The van der Waals surface area contributed by atoms with Crippen molar-refractivity contribution in [2.75, 3.05) is 44.8 Å². The predicted molar refractivity (Wildman–Crippen MR) is 95.6 cm³/mol. The highest BCUT2D eigenvalue weighted by molar-refractivity contribution is 5.94. The summed E-state index contributed by atoms with van der Waals surface area (Å²) in [5.74, 6) is 1.14. The summed E-state index contributed by atoms with van der Waals surface area (Å²) in [7, 11) is 0. The lowest BCUT2D eigenvalue weighted by Crippen LogP contribution is -2.54. The quantitative estimate of drug-likeness (QED) is 0.845. The number of carbonyl (C=O) groups excluding carboxylic acids is 2. The van der Waals surface area contributed by atoms with E-state index in [2.05, 4.69) is 10.6 Å². The van der Waals surface area contributed by atoms with Crippen molar-refractivity contribution >= 4 is 17.6 Å². The van der Waals surface area contributed by atoms with Crippen LogP contribution in [0, 0.1) is 5.92 Å². The van der Waals surface area contributed by atoms with Crippen molar-refractivity contribution in [1.29, 1.82) is 0 Å². The number of rotatable bonds is 4. The van der Waals surface area contributed by atoms with Crippen molar-refractivity contribution in [2.45, 2.75) is 19.9 Å². The number of fused-ring (bicyclic) bond motifs is 1. The summed E-state index contributed by atoms with van der Waals surface area (Å²) >= 11 is 0. The number of nitrogens with one attached hydrogen (secondary N) is 2. The summed E-state index contributed by atoms with van der Waals surface area (Å²) in [5, 5.41) is 5.54. The Morgan fingerprint density at radius 3 is 2.42 bits per heavy atom. The van der Waals surface area contributed by atoms with Gasteiger partial charge in [0.2, 0.25) is 5.91 Å². The van der Waals surface area contributed by atoms with Crippen LogP contribution in [0.25, 0.3) is 0 Å². The van der Waals surface area contributed by atoms with Crippen LogP contribution in [0.5, 0.6) is 11.5 Å². The van der Waals surface area contributed by atoms with Crippen LogP contribution in [0.2, 0.25) is 0 Å². The normalized spacial score (nSPS) is 17.6. The molecule has 1 aromatic rings. The van der Waals surface area contributed by atoms with Crippen LogP contribution in [0.3, 0.4) is 0 Å². The second-order valence-electron chi connectivity index (χ2n) is 6.62. The monoisotopic (exact) mass is 363 g/mol. The van der Waals surface area contributed by atoms with Gasteiger partial charge in [-0.05, 0) is 18.1 Å². The van der Waals surface area contributed by atoms with E-state index in [1.54, 1.807) is 23.1 Å². The second kappa shape index (κ2) is 8.27. The number of hydrogen-bond acceptors (Lipinski definition) is 5. The average Bonchev–Trinajstić information content (AvgIpc) is 2.66. The third-order valence-corrected chi connectivity index (χ3v) is 4.34. The molecule has 3 rings (SSSR count). The van der Waals surface area contributed by atoms with E-state index in [9.17, 15) is 9.59 Å². The largest absolute Gasteiger partial charge is 0.486 e. The van der Waals surface area contributed by atoms with E-state index in [0.717, 1.165) is 0 Å². The van der Waals surface area contributed by atoms with Gasteiger partial charge in [0.25, 0.3) is 0 Å². The van der Waals surface area contributed by atoms with Crippen LogP contribution >= 0.6 is 0 Å². The van der Waals surface area contributed by atoms with Crippen molar-refractivity contribution in [2.24, 2.45) is 5.92 Å². The van der Waals surface area contributed by atoms with Gasteiger partial charge in [0.15, 0.2) is 11.5 Å². The molecule has 1 aromatic carbocycles. The Labute approximate surface area is 152 Å². The number of urea groups is 1. The summed E-state index contributed by atoms with van der Waals surface area (Å²) in [5.41, 5.74) is 0.577. The predicted octanol–water partition coefficient (Wildman–Crippen LogP) is 1.46. The van der Waals surface area contributed by atoms with Crippen molar-refractivity contribution in [3.05, 3.63) is 18.2 Å². The van der Waals surface area contributed by atoms with Gasteiger partial charge in [-0.2, -0.15) is 0 Å². The maximum absolute atomic E-state index is 12.7. The minimum absolute atomic E-state index is 0.0311. The van der Waals surface area contributed by atoms with Crippen molar-refractivity contribution in [3.8, 4) is 11.5 Å². The first kappa shape index (κ1) is 18.3. The number of morpholine rings is 1. The number of ether oxygens (including phenoxy) is 3. The van der Waals surface area contributed by atoms with Crippen LogP contribution in [0.15, 0.2) is 18.2 Å². The molecule has 0 aromatic heterocycles. The van der Waals surface area contributed by atoms with Crippen LogP contribution in [-0.2, 0) is 9.53 Å². The van der Waals surface area contributed by atoms with Gasteiger partial charge < -0.3 is 29.7 Å². The molecule has 8 nitrogen and oxygen atoms in total. The maximum Gasteiger partial charge on any atom is 0.319 e. The summed E-state index contributed by atoms with van der Waals surface area (Å²) < 4.78 is 16.3. The molecule has 142 valence electrons. The first-order chi connectivity index (χ1) is 12.5. The Kier molecular flexibility index (Phi) is 5.82. The molecule has 3 amide bonds. The van der Waals surface area contributed by atoms with Crippen molar-refractivity contribution in [1.82, 2.24) is 10.2 Å². The van der Waals surface area contributed by atoms with E-state index in [1.165, 1.54) is 0 Å². The van der Waals surface area contributed by atoms with E-state index >= 15 is 0 Å². The minimum Gasteiger partial charge on any atom is -0.486 e. The smallest absolute Gasteiger partial charge is 0.319 e. The van der Waals surface area contributed by atoms with E-state index in [0.29, 0.717) is 56.7 Å². The zero-order chi connectivity index (χ0) is 18.5. The van der Waals surface area contributed by atoms with Gasteiger partial charge in [0.1, 0.15) is 19.3 Å². The summed E-state index contributed by atoms with van der Waals surface area (Å²) in [6, 6.07) is 4.18. The van der Waals surface area contributed by atoms with Crippen LogP contribution in [0.1, 0.15) is 13.8 Å². The molecule has 0 bridgehead atoms. The summed E-state index contributed by atoms with van der Waals surface area (Å²) in [6.45, 7) is 6.97. The zero-order valence-corrected chi connectivity index (χ0v) is 15.1. The fourth-order valence-corrected chi connectivity index (χ4v) is 2.92. The summed E-state index contributed by atoms with van der Waals surface area (Å²) in [4.78, 5) is 26.8. The lowest BCUT2D eigenvalue weighted by Gasteiger charge is -2.32. The summed E-state index contributed by atoms with van der Waals surface area (Å²) in [6.07, 6.45) is 0. The molecule has 0 aliphatic carbocycles. The molecule has 1 saturated heterocycles. The highest BCUT2D eigenvalue weighted by Gasteiger charge is 2.29. The molecule has 2 aliphatic rings. The van der Waals surface area contributed by atoms with E-state index in [-0.39, 0.29) is 11.8 Å². The van der Waals surface area contributed by atoms with Gasteiger partial charge in [-0.25, -0.2) is 4.79 Å². The maximum atomic E-state index is 12.7. The molecule has 26 heavy (non-hydrogen) atoms. The van der Waals surface area contributed by atoms with Crippen molar-refractivity contribution < 1.29 is 23.8 Å². The molecule has 2 heterocycles. The van der Waals surface area contributed by atoms with Gasteiger partial charge in [0, 0.05) is 24.8 Å². The lowest BCUT2D eigenvalue weighted by molar-refractivity contribution is -0.138. The molecular weight excluding hydrogens is 338 g/mol. The van der Waals surface area contributed by atoms with Gasteiger partial charge in [0.05, 0.1) is 13.2 Å². The van der Waals surface area contributed by atoms with Crippen LogP contribution in [-0.4, -0.2) is 62.4 Å². The molecule has 1 atom stereocenters. The average molecular weight is 363 g/mol. The topological polar surface area (TPSA) is 89.1 Å². The highest BCUT2D eigenvalue weighted by Crippen LogP contribution is 2.32. The Morgan fingerprint density at radius 2 is 1.73 bits per heavy atom. The molecule has 2 N–H and O–H groups in total. The van der Waals surface area contributed by atoms with Crippen LogP contribution < -0.4 is 20.1 Å². The standard InChI is InChI=1S/C18H25N3O5/c1-12(2)16(17(22)21-5-7-24-8-6-21)20-18(23)19-13-3-4-14-15(11-13)26-10-9-25-14/h3-4,11-12,16H,5-10H2,1-2H3,(H2,19,20,23)/t16-/m1/s1. The van der Waals surface area contributed by atoms with E-state index < -0.39 is 12.1 Å². The Hall–Kier alpha value is -2.48. The molecule has 8 heteroatoms. The van der Waals surface area contributed by atoms with Gasteiger partial charge >= 0.3 is 6.03 Å². The molecule has 0 spiro atoms.